The molecule has 0 aliphatic carbocycles. The number of anilines is 1. The fourth-order valence-electron chi connectivity index (χ4n) is 2.06. The van der Waals surface area contributed by atoms with E-state index >= 15 is 0 Å². The minimum Gasteiger partial charge on any atom is -0.374 e. The molecule has 1 unspecified atom stereocenters. The number of halogens is 1. The summed E-state index contributed by atoms with van der Waals surface area (Å²) in [5.41, 5.74) is -0.435. The first-order valence-electron chi connectivity index (χ1n) is 6.33. The molecule has 1 atom stereocenters. The first-order valence-corrected chi connectivity index (χ1v) is 8.19. The number of hydrogen-bond acceptors (Lipinski definition) is 5. The van der Waals surface area contributed by atoms with E-state index < -0.39 is 15.6 Å². The van der Waals surface area contributed by atoms with Crippen molar-refractivity contribution in [1.29, 1.82) is 0 Å². The molecule has 2 heterocycles. The highest BCUT2D eigenvalue weighted by atomic mass is 35.5. The average molecular weight is 320 g/mol. The Kier molecular flexibility index (Phi) is 4.53. The van der Waals surface area contributed by atoms with Gasteiger partial charge in [-0.15, -0.1) is 0 Å². The molecular formula is C12H18ClN3O3S. The van der Waals surface area contributed by atoms with E-state index in [1.807, 2.05) is 6.92 Å². The quantitative estimate of drug-likeness (QED) is 0.862. The highest BCUT2D eigenvalue weighted by Crippen LogP contribution is 2.25. The van der Waals surface area contributed by atoms with Crippen LogP contribution in [0.25, 0.3) is 0 Å². The molecule has 1 aliphatic rings. The van der Waals surface area contributed by atoms with E-state index in [2.05, 4.69) is 15.0 Å². The topological polar surface area (TPSA) is 80.3 Å². The maximum Gasteiger partial charge on any atom is 0.242 e. The molecule has 2 N–H and O–H groups in total. The standard InChI is InChI=1S/C12H18ClN3O3S/c1-12(4-3-5-19-12)8-16-20(17,18)9-6-10(13)11(14-2)15-7-9/h6-7,16H,3-5,8H2,1-2H3,(H,14,15). The maximum absolute atomic E-state index is 12.2. The molecule has 1 aromatic rings. The molecule has 1 saturated heterocycles. The van der Waals surface area contributed by atoms with Crippen LogP contribution in [0.3, 0.4) is 0 Å². The van der Waals surface area contributed by atoms with Gasteiger partial charge >= 0.3 is 0 Å². The summed E-state index contributed by atoms with van der Waals surface area (Å²) in [6.07, 6.45) is 3.06. The van der Waals surface area contributed by atoms with Crippen LogP contribution in [0.15, 0.2) is 17.2 Å². The van der Waals surface area contributed by atoms with Gasteiger partial charge < -0.3 is 10.1 Å². The van der Waals surface area contributed by atoms with Crippen LogP contribution in [0.1, 0.15) is 19.8 Å². The summed E-state index contributed by atoms with van der Waals surface area (Å²) in [6, 6.07) is 1.38. The van der Waals surface area contributed by atoms with Crippen molar-refractivity contribution < 1.29 is 13.2 Å². The van der Waals surface area contributed by atoms with Gasteiger partial charge in [-0.2, -0.15) is 0 Å². The van der Waals surface area contributed by atoms with Crippen LogP contribution in [0.5, 0.6) is 0 Å². The zero-order chi connectivity index (χ0) is 14.8. The normalized spacial score (nSPS) is 22.9. The smallest absolute Gasteiger partial charge is 0.242 e. The zero-order valence-electron chi connectivity index (χ0n) is 11.4. The SMILES string of the molecule is CNc1ncc(S(=O)(=O)NCC2(C)CCCO2)cc1Cl. The van der Waals surface area contributed by atoms with Crippen LogP contribution in [-0.2, 0) is 14.8 Å². The average Bonchev–Trinajstić information content (AvgIpc) is 2.84. The van der Waals surface area contributed by atoms with Gasteiger partial charge in [0, 0.05) is 26.4 Å². The number of ether oxygens (including phenoxy) is 1. The molecule has 0 spiro atoms. The highest BCUT2D eigenvalue weighted by Gasteiger charge is 2.31. The third-order valence-electron chi connectivity index (χ3n) is 3.30. The molecule has 2 rings (SSSR count). The number of nitrogens with one attached hydrogen (secondary N) is 2. The molecule has 112 valence electrons. The fraction of sp³-hybridized carbons (Fsp3) is 0.583. The lowest BCUT2D eigenvalue weighted by Crippen LogP contribution is -2.40. The van der Waals surface area contributed by atoms with Gasteiger partial charge in [0.25, 0.3) is 0 Å². The molecule has 1 aromatic heterocycles. The minimum absolute atomic E-state index is 0.0445. The Labute approximate surface area is 123 Å². The lowest BCUT2D eigenvalue weighted by Gasteiger charge is -2.23. The monoisotopic (exact) mass is 319 g/mol. The zero-order valence-corrected chi connectivity index (χ0v) is 13.0. The molecule has 20 heavy (non-hydrogen) atoms. The molecular weight excluding hydrogens is 302 g/mol. The first-order chi connectivity index (χ1) is 9.36. The van der Waals surface area contributed by atoms with E-state index in [4.69, 9.17) is 16.3 Å². The van der Waals surface area contributed by atoms with Crippen molar-refractivity contribution in [2.45, 2.75) is 30.3 Å². The Bertz CT molecular complexity index is 586. The van der Waals surface area contributed by atoms with E-state index in [1.165, 1.54) is 12.3 Å². The Morgan fingerprint density at radius 3 is 2.85 bits per heavy atom. The molecule has 0 amide bonds. The van der Waals surface area contributed by atoms with Gasteiger partial charge in [0.15, 0.2) is 0 Å². The van der Waals surface area contributed by atoms with Crippen molar-refractivity contribution in [3.05, 3.63) is 17.3 Å². The van der Waals surface area contributed by atoms with Crippen molar-refractivity contribution in [3.8, 4) is 0 Å². The molecule has 0 aromatic carbocycles. The van der Waals surface area contributed by atoms with Gasteiger partial charge in [0.05, 0.1) is 10.6 Å². The van der Waals surface area contributed by atoms with E-state index in [0.29, 0.717) is 12.4 Å². The molecule has 1 fully saturated rings. The summed E-state index contributed by atoms with van der Waals surface area (Å²) in [7, 11) is -1.97. The van der Waals surface area contributed by atoms with Crippen LogP contribution in [0, 0.1) is 0 Å². The Hall–Kier alpha value is -0.890. The fourth-order valence-corrected chi connectivity index (χ4v) is 3.51. The lowest BCUT2D eigenvalue weighted by atomic mass is 10.0. The summed E-state index contributed by atoms with van der Waals surface area (Å²) < 4.78 is 32.5. The van der Waals surface area contributed by atoms with E-state index in [-0.39, 0.29) is 16.5 Å². The number of rotatable bonds is 5. The molecule has 6 nitrogen and oxygen atoms in total. The van der Waals surface area contributed by atoms with Crippen LogP contribution < -0.4 is 10.0 Å². The van der Waals surface area contributed by atoms with Crippen LogP contribution in [0.2, 0.25) is 5.02 Å². The second-order valence-electron chi connectivity index (χ2n) is 4.98. The summed E-state index contributed by atoms with van der Waals surface area (Å²) in [4.78, 5) is 4.01. The van der Waals surface area contributed by atoms with Crippen LogP contribution >= 0.6 is 11.6 Å². The van der Waals surface area contributed by atoms with Crippen LogP contribution in [-0.4, -0.2) is 39.2 Å². The van der Waals surface area contributed by atoms with Crippen molar-refractivity contribution in [1.82, 2.24) is 9.71 Å². The Balaban J connectivity index is 2.12. The molecule has 0 radical (unpaired) electrons. The largest absolute Gasteiger partial charge is 0.374 e. The predicted octanol–water partition coefficient (Wildman–Crippen LogP) is 1.62. The lowest BCUT2D eigenvalue weighted by molar-refractivity contribution is 0.0250. The maximum atomic E-state index is 12.2. The molecule has 8 heteroatoms. The minimum atomic E-state index is -3.64. The molecule has 0 bridgehead atoms. The summed E-state index contributed by atoms with van der Waals surface area (Å²) in [5.74, 6) is 0.441. The molecule has 0 saturated carbocycles. The van der Waals surface area contributed by atoms with Crippen molar-refractivity contribution in [2.75, 3.05) is 25.5 Å². The third-order valence-corrected chi connectivity index (χ3v) is 4.96. The predicted molar refractivity (Wildman–Crippen MR) is 77.6 cm³/mol. The van der Waals surface area contributed by atoms with Gasteiger partial charge in [0.2, 0.25) is 10.0 Å². The van der Waals surface area contributed by atoms with Gasteiger partial charge in [-0.1, -0.05) is 11.6 Å². The highest BCUT2D eigenvalue weighted by molar-refractivity contribution is 7.89. The number of aromatic nitrogens is 1. The second-order valence-corrected chi connectivity index (χ2v) is 7.15. The van der Waals surface area contributed by atoms with Crippen LogP contribution in [0.4, 0.5) is 5.82 Å². The van der Waals surface area contributed by atoms with Gasteiger partial charge in [-0.05, 0) is 25.8 Å². The second kappa shape index (κ2) is 5.85. The summed E-state index contributed by atoms with van der Waals surface area (Å²) in [6.45, 7) is 2.81. The summed E-state index contributed by atoms with van der Waals surface area (Å²) in [5, 5.41) is 3.04. The van der Waals surface area contributed by atoms with Gasteiger partial charge in [0.1, 0.15) is 10.7 Å². The van der Waals surface area contributed by atoms with E-state index in [9.17, 15) is 8.42 Å². The van der Waals surface area contributed by atoms with Gasteiger partial charge in [-0.3, -0.25) is 0 Å². The van der Waals surface area contributed by atoms with Gasteiger partial charge in [-0.25, -0.2) is 18.1 Å². The van der Waals surface area contributed by atoms with E-state index in [1.54, 1.807) is 7.05 Å². The first kappa shape index (κ1) is 15.5. The van der Waals surface area contributed by atoms with Crippen molar-refractivity contribution in [3.63, 3.8) is 0 Å². The number of hydrogen-bond donors (Lipinski definition) is 2. The third kappa shape index (κ3) is 3.41. The van der Waals surface area contributed by atoms with Crippen molar-refractivity contribution >= 4 is 27.4 Å². The number of pyridine rings is 1. The Morgan fingerprint density at radius 2 is 2.30 bits per heavy atom. The van der Waals surface area contributed by atoms with E-state index in [0.717, 1.165) is 12.8 Å². The number of nitrogens with zero attached hydrogens (tertiary/aromatic N) is 1. The number of sulfonamides is 1. The van der Waals surface area contributed by atoms with Crippen molar-refractivity contribution in [2.24, 2.45) is 0 Å². The Morgan fingerprint density at radius 1 is 1.55 bits per heavy atom. The summed E-state index contributed by atoms with van der Waals surface area (Å²) >= 11 is 5.95. The molecule has 1 aliphatic heterocycles.